The molecule has 162 valence electrons. The third-order valence-electron chi connectivity index (χ3n) is 4.47. The molecule has 0 aliphatic rings. The highest BCUT2D eigenvalue weighted by molar-refractivity contribution is 7.18. The number of rotatable bonds is 8. The number of ether oxygens (including phenoxy) is 1. The largest absolute Gasteiger partial charge is 0.497 e. The van der Waals surface area contributed by atoms with Gasteiger partial charge < -0.3 is 24.7 Å². The molecule has 0 spiro atoms. The van der Waals surface area contributed by atoms with Crippen molar-refractivity contribution in [2.75, 3.05) is 30.8 Å². The lowest BCUT2D eigenvalue weighted by molar-refractivity contribution is -0.116. The summed E-state index contributed by atoms with van der Waals surface area (Å²) in [5.41, 5.74) is 1.34. The molecule has 3 aromatic rings. The van der Waals surface area contributed by atoms with E-state index in [4.69, 9.17) is 9.15 Å². The average molecular weight is 442 g/mol. The molecule has 3 amide bonds. The van der Waals surface area contributed by atoms with Crippen LogP contribution in [0.3, 0.4) is 0 Å². The van der Waals surface area contributed by atoms with E-state index in [1.165, 1.54) is 11.2 Å². The van der Waals surface area contributed by atoms with Crippen molar-refractivity contribution < 1.29 is 23.5 Å². The summed E-state index contributed by atoms with van der Waals surface area (Å²) in [6.07, 6.45) is 1.42. The minimum Gasteiger partial charge on any atom is -0.497 e. The van der Waals surface area contributed by atoms with Gasteiger partial charge in [-0.05, 0) is 61.9 Å². The lowest BCUT2D eigenvalue weighted by Gasteiger charge is -2.20. The number of amides is 3. The maximum absolute atomic E-state index is 13.0. The first-order valence-corrected chi connectivity index (χ1v) is 10.4. The number of nitrogens with one attached hydrogen (secondary N) is 2. The molecule has 0 aliphatic heterocycles. The van der Waals surface area contributed by atoms with Gasteiger partial charge in [-0.1, -0.05) is 0 Å². The van der Waals surface area contributed by atoms with E-state index in [1.807, 2.05) is 0 Å². The third kappa shape index (κ3) is 5.52. The highest BCUT2D eigenvalue weighted by Crippen LogP contribution is 2.28. The van der Waals surface area contributed by atoms with E-state index in [1.54, 1.807) is 63.4 Å². The number of nitrogens with zero attached hydrogens (tertiary/aromatic N) is 1. The van der Waals surface area contributed by atoms with E-state index in [0.717, 1.165) is 16.9 Å². The smallest absolute Gasteiger partial charge is 0.291 e. The molecular formula is C22H23N3O5S. The number of benzene rings is 1. The molecule has 3 rings (SSSR count). The number of hydrogen-bond donors (Lipinski definition) is 2. The first kappa shape index (κ1) is 22.1. The zero-order chi connectivity index (χ0) is 22.4. The van der Waals surface area contributed by atoms with Crippen LogP contribution in [-0.2, 0) is 4.79 Å². The zero-order valence-corrected chi connectivity index (χ0v) is 18.2. The summed E-state index contributed by atoms with van der Waals surface area (Å²) in [5.74, 6) is -0.0958. The molecule has 9 heteroatoms. The summed E-state index contributed by atoms with van der Waals surface area (Å²) in [5, 5.41) is 6.03. The van der Waals surface area contributed by atoms with E-state index in [2.05, 4.69) is 10.6 Å². The SMILES string of the molecule is CCN(CC(=O)Nc1ccc(OC)cc1)C(=O)c1sc(NC(=O)c2ccco2)cc1C. The Hall–Kier alpha value is -3.59. The van der Waals surface area contributed by atoms with Crippen molar-refractivity contribution in [2.45, 2.75) is 13.8 Å². The second kappa shape index (κ2) is 9.94. The molecule has 0 saturated heterocycles. The standard InChI is InChI=1S/C22H23N3O5S/c1-4-25(13-18(26)23-15-7-9-16(29-3)10-8-15)22(28)20-14(2)12-19(31-20)24-21(27)17-6-5-11-30-17/h5-12H,4,13H2,1-3H3,(H,23,26)(H,24,27). The number of likely N-dealkylation sites (N-methyl/N-ethyl adjacent to an activating group) is 1. The lowest BCUT2D eigenvalue weighted by Crippen LogP contribution is -2.37. The van der Waals surface area contributed by atoms with Crippen molar-refractivity contribution in [1.82, 2.24) is 4.90 Å². The Morgan fingerprint density at radius 2 is 1.87 bits per heavy atom. The molecule has 31 heavy (non-hydrogen) atoms. The van der Waals surface area contributed by atoms with Gasteiger partial charge in [-0.3, -0.25) is 14.4 Å². The molecule has 0 aliphatic carbocycles. The predicted molar refractivity (Wildman–Crippen MR) is 119 cm³/mol. The number of thiophene rings is 1. The van der Waals surface area contributed by atoms with Gasteiger partial charge in [0.25, 0.3) is 11.8 Å². The first-order chi connectivity index (χ1) is 14.9. The van der Waals surface area contributed by atoms with Crippen LogP contribution < -0.4 is 15.4 Å². The fourth-order valence-corrected chi connectivity index (χ4v) is 3.89. The summed E-state index contributed by atoms with van der Waals surface area (Å²) in [6, 6.07) is 11.8. The predicted octanol–water partition coefficient (Wildman–Crippen LogP) is 4.01. The van der Waals surface area contributed by atoms with Crippen molar-refractivity contribution in [2.24, 2.45) is 0 Å². The Labute approximate surface area is 183 Å². The summed E-state index contributed by atoms with van der Waals surface area (Å²) in [7, 11) is 1.57. The lowest BCUT2D eigenvalue weighted by atomic mass is 10.2. The number of carbonyl (C=O) groups is 3. The maximum Gasteiger partial charge on any atom is 0.291 e. The van der Waals surface area contributed by atoms with Crippen molar-refractivity contribution >= 4 is 39.7 Å². The molecule has 0 radical (unpaired) electrons. The topological polar surface area (TPSA) is 101 Å². The molecule has 0 atom stereocenters. The van der Waals surface area contributed by atoms with E-state index in [0.29, 0.717) is 27.9 Å². The van der Waals surface area contributed by atoms with Crippen molar-refractivity contribution in [1.29, 1.82) is 0 Å². The summed E-state index contributed by atoms with van der Waals surface area (Å²) in [6.45, 7) is 3.87. The zero-order valence-electron chi connectivity index (χ0n) is 17.4. The van der Waals surface area contributed by atoms with Gasteiger partial charge in [-0.15, -0.1) is 11.3 Å². The van der Waals surface area contributed by atoms with Gasteiger partial charge in [0.15, 0.2) is 5.76 Å². The number of methoxy groups -OCH3 is 1. The molecule has 0 fully saturated rings. The summed E-state index contributed by atoms with van der Waals surface area (Å²) in [4.78, 5) is 39.5. The van der Waals surface area contributed by atoms with E-state index in [-0.39, 0.29) is 24.1 Å². The van der Waals surface area contributed by atoms with Crippen LogP contribution in [0.25, 0.3) is 0 Å². The Balaban J connectivity index is 1.64. The minimum atomic E-state index is -0.392. The van der Waals surface area contributed by atoms with Gasteiger partial charge in [-0.2, -0.15) is 0 Å². The molecule has 1 aromatic carbocycles. The fraction of sp³-hybridized carbons (Fsp3) is 0.227. The number of furan rings is 1. The molecular weight excluding hydrogens is 418 g/mol. The van der Waals surface area contributed by atoms with E-state index in [9.17, 15) is 14.4 Å². The van der Waals surface area contributed by atoms with Crippen LogP contribution >= 0.6 is 11.3 Å². The number of carbonyl (C=O) groups excluding carboxylic acids is 3. The third-order valence-corrected chi connectivity index (χ3v) is 5.61. The summed E-state index contributed by atoms with van der Waals surface area (Å²) >= 11 is 1.16. The minimum absolute atomic E-state index is 0.0905. The van der Waals surface area contributed by atoms with Crippen LogP contribution in [0.2, 0.25) is 0 Å². The van der Waals surface area contributed by atoms with Crippen LogP contribution in [0.5, 0.6) is 5.75 Å². The molecule has 0 bridgehead atoms. The fourth-order valence-electron chi connectivity index (χ4n) is 2.86. The van der Waals surface area contributed by atoms with Crippen molar-refractivity contribution in [3.63, 3.8) is 0 Å². The molecule has 2 heterocycles. The number of hydrogen-bond acceptors (Lipinski definition) is 6. The second-order valence-electron chi connectivity index (χ2n) is 6.65. The van der Waals surface area contributed by atoms with Gasteiger partial charge in [0.2, 0.25) is 5.91 Å². The Morgan fingerprint density at radius 3 is 2.48 bits per heavy atom. The van der Waals surface area contributed by atoms with E-state index >= 15 is 0 Å². The average Bonchev–Trinajstić information content (AvgIpc) is 3.42. The summed E-state index contributed by atoms with van der Waals surface area (Å²) < 4.78 is 10.2. The molecule has 2 aromatic heterocycles. The number of aryl methyl sites for hydroxylation is 1. The van der Waals surface area contributed by atoms with Gasteiger partial charge in [-0.25, -0.2) is 0 Å². The Kier molecular flexibility index (Phi) is 7.09. The maximum atomic E-state index is 13.0. The number of anilines is 2. The molecule has 0 unspecified atom stereocenters. The van der Waals surface area contributed by atoms with Crippen LogP contribution in [0.15, 0.2) is 53.1 Å². The normalized spacial score (nSPS) is 10.4. The van der Waals surface area contributed by atoms with Gasteiger partial charge in [0.1, 0.15) is 12.3 Å². The molecule has 8 nitrogen and oxygen atoms in total. The van der Waals surface area contributed by atoms with Gasteiger partial charge in [0.05, 0.1) is 23.3 Å². The Morgan fingerprint density at radius 1 is 1.13 bits per heavy atom. The van der Waals surface area contributed by atoms with Crippen LogP contribution in [0.4, 0.5) is 10.7 Å². The van der Waals surface area contributed by atoms with Crippen LogP contribution in [-0.4, -0.2) is 42.8 Å². The highest BCUT2D eigenvalue weighted by atomic mass is 32.1. The van der Waals surface area contributed by atoms with Crippen LogP contribution in [0, 0.1) is 6.92 Å². The highest BCUT2D eigenvalue weighted by Gasteiger charge is 2.22. The van der Waals surface area contributed by atoms with Gasteiger partial charge >= 0.3 is 0 Å². The molecule has 2 N–H and O–H groups in total. The second-order valence-corrected chi connectivity index (χ2v) is 7.70. The quantitative estimate of drug-likeness (QED) is 0.550. The van der Waals surface area contributed by atoms with Crippen molar-refractivity contribution in [3.8, 4) is 5.75 Å². The van der Waals surface area contributed by atoms with Crippen molar-refractivity contribution in [3.05, 3.63) is 64.9 Å². The van der Waals surface area contributed by atoms with Gasteiger partial charge in [0, 0.05) is 12.2 Å². The van der Waals surface area contributed by atoms with E-state index < -0.39 is 5.91 Å². The van der Waals surface area contributed by atoms with Crippen LogP contribution in [0.1, 0.15) is 32.7 Å². The Bertz CT molecular complexity index is 1060. The molecule has 0 saturated carbocycles. The monoisotopic (exact) mass is 441 g/mol. The first-order valence-electron chi connectivity index (χ1n) is 9.59.